The number of nitrogens with zero attached hydrogens (tertiary/aromatic N) is 3. The van der Waals surface area contributed by atoms with Gasteiger partial charge in [-0.15, -0.1) is 0 Å². The first-order valence-corrected chi connectivity index (χ1v) is 8.65. The lowest BCUT2D eigenvalue weighted by atomic mass is 10.1. The van der Waals surface area contributed by atoms with Crippen molar-refractivity contribution in [2.45, 2.75) is 44.6 Å². The Balaban J connectivity index is 1.63. The maximum Gasteiger partial charge on any atom is 0.258 e. The van der Waals surface area contributed by atoms with Crippen LogP contribution in [0.1, 0.15) is 54.4 Å². The summed E-state index contributed by atoms with van der Waals surface area (Å²) in [4.78, 5) is 20.8. The van der Waals surface area contributed by atoms with E-state index in [4.69, 9.17) is 5.26 Å². The fourth-order valence-electron chi connectivity index (χ4n) is 3.01. The zero-order chi connectivity index (χ0) is 17.5. The molecule has 1 heterocycles. The van der Waals surface area contributed by atoms with Gasteiger partial charge < -0.3 is 10.6 Å². The average molecular weight is 335 g/mol. The van der Waals surface area contributed by atoms with Gasteiger partial charge in [0, 0.05) is 18.4 Å². The van der Waals surface area contributed by atoms with Gasteiger partial charge >= 0.3 is 0 Å². The molecule has 128 valence electrons. The molecule has 25 heavy (non-hydrogen) atoms. The van der Waals surface area contributed by atoms with Crippen molar-refractivity contribution in [2.75, 3.05) is 10.6 Å². The molecule has 1 aromatic carbocycles. The van der Waals surface area contributed by atoms with E-state index in [1.54, 1.807) is 24.3 Å². The van der Waals surface area contributed by atoms with Crippen LogP contribution in [0.25, 0.3) is 0 Å². The van der Waals surface area contributed by atoms with Crippen molar-refractivity contribution in [3.05, 3.63) is 47.8 Å². The highest BCUT2D eigenvalue weighted by Crippen LogP contribution is 2.20. The number of carbonyl (C=O) groups is 1. The van der Waals surface area contributed by atoms with Crippen molar-refractivity contribution >= 4 is 17.5 Å². The van der Waals surface area contributed by atoms with Crippen molar-refractivity contribution < 1.29 is 4.79 Å². The molecule has 6 nitrogen and oxygen atoms in total. The molecule has 2 aromatic rings. The lowest BCUT2D eigenvalue weighted by molar-refractivity contribution is 0.102. The summed E-state index contributed by atoms with van der Waals surface area (Å²) < 4.78 is 0. The van der Waals surface area contributed by atoms with Gasteiger partial charge in [0.2, 0.25) is 5.95 Å². The van der Waals surface area contributed by atoms with Crippen LogP contribution in [-0.2, 0) is 0 Å². The number of carbonyl (C=O) groups excluding carboxylic acids is 1. The van der Waals surface area contributed by atoms with Gasteiger partial charge in [0.05, 0.1) is 16.8 Å². The van der Waals surface area contributed by atoms with E-state index < -0.39 is 0 Å². The van der Waals surface area contributed by atoms with Crippen molar-refractivity contribution in [3.63, 3.8) is 0 Å². The van der Waals surface area contributed by atoms with Gasteiger partial charge in [-0.2, -0.15) is 5.26 Å². The number of para-hydroxylation sites is 1. The predicted molar refractivity (Wildman–Crippen MR) is 96.3 cm³/mol. The van der Waals surface area contributed by atoms with Crippen LogP contribution in [0, 0.1) is 11.3 Å². The highest BCUT2D eigenvalue weighted by molar-refractivity contribution is 6.04. The van der Waals surface area contributed by atoms with E-state index in [1.807, 2.05) is 0 Å². The molecule has 0 atom stereocenters. The number of amides is 1. The smallest absolute Gasteiger partial charge is 0.258 e. The maximum absolute atomic E-state index is 12.3. The number of nitriles is 1. The minimum Gasteiger partial charge on any atom is -0.351 e. The van der Waals surface area contributed by atoms with E-state index in [9.17, 15) is 4.79 Å². The van der Waals surface area contributed by atoms with E-state index >= 15 is 0 Å². The molecular formula is C19H21N5O. The molecular weight excluding hydrogens is 314 g/mol. The van der Waals surface area contributed by atoms with Crippen LogP contribution >= 0.6 is 0 Å². The van der Waals surface area contributed by atoms with Crippen LogP contribution in [0.5, 0.6) is 0 Å². The quantitative estimate of drug-likeness (QED) is 0.831. The normalized spacial score (nSPS) is 15.0. The van der Waals surface area contributed by atoms with Crippen molar-refractivity contribution in [1.29, 1.82) is 5.26 Å². The molecule has 0 unspecified atom stereocenters. The lowest BCUT2D eigenvalue weighted by Gasteiger charge is -2.15. The molecule has 0 bridgehead atoms. The van der Waals surface area contributed by atoms with E-state index in [2.05, 4.69) is 26.7 Å². The van der Waals surface area contributed by atoms with Gasteiger partial charge in [-0.25, -0.2) is 9.97 Å². The van der Waals surface area contributed by atoms with Crippen molar-refractivity contribution in [2.24, 2.45) is 0 Å². The molecule has 2 N–H and O–H groups in total. The SMILES string of the molecule is N#Cc1ccccc1NC(=O)c1cnc(NC2CCCCCC2)nc1. The van der Waals surface area contributed by atoms with Gasteiger partial charge in [0.15, 0.2) is 0 Å². The summed E-state index contributed by atoms with van der Waals surface area (Å²) >= 11 is 0. The van der Waals surface area contributed by atoms with E-state index in [0.717, 1.165) is 12.8 Å². The molecule has 1 aliphatic carbocycles. The summed E-state index contributed by atoms with van der Waals surface area (Å²) in [6.45, 7) is 0. The van der Waals surface area contributed by atoms with Crippen LogP contribution < -0.4 is 10.6 Å². The largest absolute Gasteiger partial charge is 0.351 e. The third-order valence-electron chi connectivity index (χ3n) is 4.40. The van der Waals surface area contributed by atoms with Crippen LogP contribution in [0.2, 0.25) is 0 Å². The van der Waals surface area contributed by atoms with Crippen LogP contribution in [-0.4, -0.2) is 21.9 Å². The molecule has 3 rings (SSSR count). The highest BCUT2D eigenvalue weighted by Gasteiger charge is 2.14. The summed E-state index contributed by atoms with van der Waals surface area (Å²) in [5.41, 5.74) is 1.26. The van der Waals surface area contributed by atoms with Crippen LogP contribution in [0.4, 0.5) is 11.6 Å². The molecule has 1 fully saturated rings. The number of nitrogens with one attached hydrogen (secondary N) is 2. The predicted octanol–water partition coefficient (Wildman–Crippen LogP) is 3.74. The number of anilines is 2. The molecule has 0 aliphatic heterocycles. The summed E-state index contributed by atoms with van der Waals surface area (Å²) in [7, 11) is 0. The summed E-state index contributed by atoms with van der Waals surface area (Å²) in [5, 5.41) is 15.2. The average Bonchev–Trinajstić information content (AvgIpc) is 2.91. The van der Waals surface area contributed by atoms with E-state index in [1.165, 1.54) is 38.1 Å². The Morgan fingerprint density at radius 2 is 1.76 bits per heavy atom. The zero-order valence-electron chi connectivity index (χ0n) is 14.0. The summed E-state index contributed by atoms with van der Waals surface area (Å²) in [6.07, 6.45) is 10.3. The Labute approximate surface area is 147 Å². The minimum atomic E-state index is -0.330. The second kappa shape index (κ2) is 8.25. The highest BCUT2D eigenvalue weighted by atomic mass is 16.1. The Kier molecular flexibility index (Phi) is 5.57. The van der Waals surface area contributed by atoms with Gasteiger partial charge in [-0.1, -0.05) is 37.8 Å². The number of hydrogen-bond donors (Lipinski definition) is 2. The lowest BCUT2D eigenvalue weighted by Crippen LogP contribution is -2.20. The fourth-order valence-corrected chi connectivity index (χ4v) is 3.01. The van der Waals surface area contributed by atoms with Gasteiger partial charge in [0.25, 0.3) is 5.91 Å². The molecule has 1 aromatic heterocycles. The second-order valence-corrected chi connectivity index (χ2v) is 6.24. The Morgan fingerprint density at radius 1 is 1.08 bits per heavy atom. The fraction of sp³-hybridized carbons (Fsp3) is 0.368. The number of hydrogen-bond acceptors (Lipinski definition) is 5. The first kappa shape index (κ1) is 16.9. The van der Waals surface area contributed by atoms with Gasteiger partial charge in [-0.05, 0) is 25.0 Å². The van der Waals surface area contributed by atoms with E-state index in [-0.39, 0.29) is 5.91 Å². The first-order chi connectivity index (χ1) is 12.3. The van der Waals surface area contributed by atoms with Crippen LogP contribution in [0.15, 0.2) is 36.7 Å². The topological polar surface area (TPSA) is 90.7 Å². The Hall–Kier alpha value is -2.94. The third-order valence-corrected chi connectivity index (χ3v) is 4.40. The van der Waals surface area contributed by atoms with Crippen molar-refractivity contribution in [3.8, 4) is 6.07 Å². The Bertz CT molecular complexity index is 758. The van der Waals surface area contributed by atoms with E-state index in [0.29, 0.717) is 28.8 Å². The first-order valence-electron chi connectivity index (χ1n) is 8.65. The second-order valence-electron chi connectivity index (χ2n) is 6.24. The summed E-state index contributed by atoms with van der Waals surface area (Å²) in [5.74, 6) is 0.226. The molecule has 0 spiro atoms. The maximum atomic E-state index is 12.3. The number of aromatic nitrogens is 2. The number of rotatable bonds is 4. The van der Waals surface area contributed by atoms with Crippen LogP contribution in [0.3, 0.4) is 0 Å². The zero-order valence-corrected chi connectivity index (χ0v) is 14.0. The number of benzene rings is 1. The monoisotopic (exact) mass is 335 g/mol. The molecule has 1 aliphatic rings. The molecule has 0 radical (unpaired) electrons. The molecule has 1 amide bonds. The third kappa shape index (κ3) is 4.54. The standard InChI is InChI=1S/C19H21N5O/c20-11-14-7-5-6-10-17(14)24-18(25)15-12-21-19(22-13-15)23-16-8-3-1-2-4-9-16/h5-7,10,12-13,16H,1-4,8-9H2,(H,24,25)(H,21,22,23). The summed E-state index contributed by atoms with van der Waals surface area (Å²) in [6, 6.07) is 9.34. The molecule has 6 heteroatoms. The van der Waals surface area contributed by atoms with Gasteiger partial charge in [-0.3, -0.25) is 4.79 Å². The minimum absolute atomic E-state index is 0.330. The Morgan fingerprint density at radius 3 is 2.44 bits per heavy atom. The molecule has 0 saturated heterocycles. The van der Waals surface area contributed by atoms with Gasteiger partial charge in [0.1, 0.15) is 6.07 Å². The molecule has 1 saturated carbocycles. The van der Waals surface area contributed by atoms with Crippen molar-refractivity contribution in [1.82, 2.24) is 9.97 Å².